The molecule has 2 N–H and O–H groups in total. The number of hydrogen-bond donors (Lipinski definition) is 2. The van der Waals surface area contributed by atoms with Crippen LogP contribution in [0.15, 0.2) is 0 Å². The maximum atomic E-state index is 12.1. The summed E-state index contributed by atoms with van der Waals surface area (Å²) in [7, 11) is 0. The minimum absolute atomic E-state index is 0.374. The third-order valence-electron chi connectivity index (χ3n) is 1.87. The highest BCUT2D eigenvalue weighted by Gasteiger charge is 2.39. The van der Waals surface area contributed by atoms with E-state index < -0.39 is 18.2 Å². The van der Waals surface area contributed by atoms with Crippen LogP contribution in [-0.2, 0) is 0 Å². The van der Waals surface area contributed by atoms with E-state index in [2.05, 4.69) is 5.32 Å². The van der Waals surface area contributed by atoms with Crippen LogP contribution in [0.5, 0.6) is 0 Å². The molecule has 0 aliphatic carbocycles. The molecule has 0 aromatic heterocycles. The van der Waals surface area contributed by atoms with Gasteiger partial charge in [0.15, 0.2) is 5.92 Å². The lowest BCUT2D eigenvalue weighted by Crippen LogP contribution is -2.33. The summed E-state index contributed by atoms with van der Waals surface area (Å²) in [5.74, 6) is -1.95. The van der Waals surface area contributed by atoms with Crippen LogP contribution in [0.4, 0.5) is 13.2 Å². The fourth-order valence-electron chi connectivity index (χ4n) is 1.00. The summed E-state index contributed by atoms with van der Waals surface area (Å²) in [6.07, 6.45) is -3.78. The zero-order valence-electron chi connectivity index (χ0n) is 8.51. The van der Waals surface area contributed by atoms with Gasteiger partial charge in [0.25, 0.3) is 0 Å². The third-order valence-corrected chi connectivity index (χ3v) is 1.87. The first kappa shape index (κ1) is 14.2. The van der Waals surface area contributed by atoms with E-state index in [1.54, 1.807) is 6.92 Å². The van der Waals surface area contributed by atoms with Crippen LogP contribution in [0.2, 0.25) is 0 Å². The second kappa shape index (κ2) is 6.64. The van der Waals surface area contributed by atoms with Crippen molar-refractivity contribution in [1.82, 2.24) is 5.32 Å². The molecule has 0 heterocycles. The number of rotatable bonds is 6. The van der Waals surface area contributed by atoms with Crippen LogP contribution >= 0.6 is 0 Å². The predicted molar refractivity (Wildman–Crippen MR) is 48.9 cm³/mol. The lowest BCUT2D eigenvalue weighted by atomic mass is 10.1. The molecular weight excluding hydrogens is 209 g/mol. The Morgan fingerprint density at radius 3 is 2.47 bits per heavy atom. The molecular formula is C9H15F3N2O. The molecule has 3 nitrogen and oxygen atoms in total. The fourth-order valence-corrected chi connectivity index (χ4v) is 1.00. The van der Waals surface area contributed by atoms with E-state index >= 15 is 0 Å². The lowest BCUT2D eigenvalue weighted by Gasteiger charge is -2.13. The number of aliphatic hydroxyl groups is 1. The minimum Gasteiger partial charge on any atom is -0.393 e. The van der Waals surface area contributed by atoms with E-state index in [0.29, 0.717) is 19.4 Å². The van der Waals surface area contributed by atoms with E-state index in [-0.39, 0.29) is 6.54 Å². The van der Waals surface area contributed by atoms with E-state index in [9.17, 15) is 13.2 Å². The number of alkyl halides is 3. The molecule has 2 unspecified atom stereocenters. The summed E-state index contributed by atoms with van der Waals surface area (Å²) in [4.78, 5) is 0. The van der Waals surface area contributed by atoms with Crippen molar-refractivity contribution in [3.63, 3.8) is 0 Å². The molecule has 2 atom stereocenters. The molecule has 0 fully saturated rings. The molecule has 0 aromatic carbocycles. The standard InChI is InChI=1S/C9H15F3N2O/c1-7(15)3-2-4-14-6-8(5-13)9(10,11)12/h7-8,14-15H,2-4,6H2,1H3. The Morgan fingerprint density at radius 2 is 2.07 bits per heavy atom. The number of halogens is 3. The Hall–Kier alpha value is -0.800. The Balaban J connectivity index is 3.62. The van der Waals surface area contributed by atoms with Gasteiger partial charge < -0.3 is 10.4 Å². The number of nitrogens with zero attached hydrogens (tertiary/aromatic N) is 1. The van der Waals surface area contributed by atoms with Gasteiger partial charge >= 0.3 is 6.18 Å². The summed E-state index contributed by atoms with van der Waals surface area (Å²) in [6, 6.07) is 1.20. The molecule has 6 heteroatoms. The summed E-state index contributed by atoms with van der Waals surface area (Å²) in [5.41, 5.74) is 0. The molecule has 0 aliphatic rings. The average Bonchev–Trinajstić information content (AvgIpc) is 2.08. The van der Waals surface area contributed by atoms with Crippen molar-refractivity contribution < 1.29 is 18.3 Å². The second-order valence-corrected chi connectivity index (χ2v) is 3.42. The molecule has 0 bridgehead atoms. The molecule has 0 radical (unpaired) electrons. The quantitative estimate of drug-likeness (QED) is 0.671. The summed E-state index contributed by atoms with van der Waals surface area (Å²) in [6.45, 7) is 1.60. The molecule has 15 heavy (non-hydrogen) atoms. The Morgan fingerprint density at radius 1 is 1.47 bits per heavy atom. The van der Waals surface area contributed by atoms with Crippen LogP contribution in [0.25, 0.3) is 0 Å². The first-order valence-electron chi connectivity index (χ1n) is 4.73. The highest BCUT2D eigenvalue weighted by Crippen LogP contribution is 2.24. The van der Waals surface area contributed by atoms with Gasteiger partial charge in [-0.3, -0.25) is 0 Å². The highest BCUT2D eigenvalue weighted by molar-refractivity contribution is 4.89. The van der Waals surface area contributed by atoms with Gasteiger partial charge in [0, 0.05) is 6.54 Å². The first-order chi connectivity index (χ1) is 6.88. The van der Waals surface area contributed by atoms with Gasteiger partial charge in [-0.1, -0.05) is 0 Å². The van der Waals surface area contributed by atoms with Gasteiger partial charge in [0.1, 0.15) is 0 Å². The van der Waals surface area contributed by atoms with Gasteiger partial charge in [-0.2, -0.15) is 18.4 Å². The number of nitriles is 1. The van der Waals surface area contributed by atoms with Crippen LogP contribution in [0.1, 0.15) is 19.8 Å². The molecule has 0 rings (SSSR count). The number of aliphatic hydroxyl groups excluding tert-OH is 1. The Kier molecular flexibility index (Phi) is 6.29. The zero-order chi connectivity index (χ0) is 11.9. The Bertz CT molecular complexity index is 210. The van der Waals surface area contributed by atoms with E-state index in [0.717, 1.165) is 0 Å². The molecule has 0 saturated carbocycles. The normalized spacial score (nSPS) is 15.7. The van der Waals surface area contributed by atoms with Crippen LogP contribution in [-0.4, -0.2) is 30.5 Å². The van der Waals surface area contributed by atoms with Crippen molar-refractivity contribution in [2.75, 3.05) is 13.1 Å². The fraction of sp³-hybridized carbons (Fsp3) is 0.889. The lowest BCUT2D eigenvalue weighted by molar-refractivity contribution is -0.157. The second-order valence-electron chi connectivity index (χ2n) is 3.42. The van der Waals surface area contributed by atoms with Crippen molar-refractivity contribution >= 4 is 0 Å². The maximum absolute atomic E-state index is 12.1. The monoisotopic (exact) mass is 224 g/mol. The summed E-state index contributed by atoms with van der Waals surface area (Å²) < 4.78 is 36.2. The molecule has 0 aliphatic heterocycles. The third kappa shape index (κ3) is 7.17. The smallest absolute Gasteiger partial charge is 0.393 e. The molecule has 88 valence electrons. The van der Waals surface area contributed by atoms with Crippen LogP contribution in [0.3, 0.4) is 0 Å². The van der Waals surface area contributed by atoms with E-state index in [1.807, 2.05) is 0 Å². The van der Waals surface area contributed by atoms with Crippen molar-refractivity contribution in [1.29, 1.82) is 5.26 Å². The highest BCUT2D eigenvalue weighted by atomic mass is 19.4. The Labute approximate surface area is 86.9 Å². The molecule has 0 amide bonds. The van der Waals surface area contributed by atoms with E-state index in [4.69, 9.17) is 10.4 Å². The summed E-state index contributed by atoms with van der Waals surface area (Å²) in [5, 5.41) is 19.7. The first-order valence-corrected chi connectivity index (χ1v) is 4.73. The topological polar surface area (TPSA) is 56.0 Å². The summed E-state index contributed by atoms with van der Waals surface area (Å²) >= 11 is 0. The van der Waals surface area contributed by atoms with Crippen LogP contribution < -0.4 is 5.32 Å². The predicted octanol–water partition coefficient (Wildman–Crippen LogP) is 1.44. The van der Waals surface area contributed by atoms with Crippen LogP contribution in [0, 0.1) is 17.2 Å². The van der Waals surface area contributed by atoms with E-state index in [1.165, 1.54) is 6.07 Å². The van der Waals surface area contributed by atoms with Gasteiger partial charge in [0.2, 0.25) is 0 Å². The molecule has 0 aromatic rings. The van der Waals surface area contributed by atoms with Crippen molar-refractivity contribution in [3.05, 3.63) is 0 Å². The van der Waals surface area contributed by atoms with Gasteiger partial charge in [0.05, 0.1) is 12.2 Å². The van der Waals surface area contributed by atoms with Gasteiger partial charge in [-0.15, -0.1) is 0 Å². The van der Waals surface area contributed by atoms with Crippen molar-refractivity contribution in [2.45, 2.75) is 32.0 Å². The number of nitrogens with one attached hydrogen (secondary N) is 1. The zero-order valence-corrected chi connectivity index (χ0v) is 8.51. The van der Waals surface area contributed by atoms with Crippen molar-refractivity contribution in [2.24, 2.45) is 5.92 Å². The molecule has 0 spiro atoms. The largest absolute Gasteiger partial charge is 0.405 e. The average molecular weight is 224 g/mol. The molecule has 0 saturated heterocycles. The number of hydrogen-bond acceptors (Lipinski definition) is 3. The van der Waals surface area contributed by atoms with Gasteiger partial charge in [-0.25, -0.2) is 0 Å². The SMILES string of the molecule is CC(O)CCCNCC(C#N)C(F)(F)F. The van der Waals surface area contributed by atoms with Gasteiger partial charge in [-0.05, 0) is 26.3 Å². The maximum Gasteiger partial charge on any atom is 0.405 e. The van der Waals surface area contributed by atoms with Crippen molar-refractivity contribution in [3.8, 4) is 6.07 Å². The minimum atomic E-state index is -4.47.